The van der Waals surface area contributed by atoms with E-state index in [1.807, 2.05) is 11.0 Å². The molecule has 0 spiro atoms. The van der Waals surface area contributed by atoms with E-state index < -0.39 is 6.10 Å². The third-order valence-electron chi connectivity index (χ3n) is 3.45. The molecule has 22 heavy (non-hydrogen) atoms. The number of halogens is 1. The monoisotopic (exact) mass is 307 g/mol. The molecule has 1 aromatic carbocycles. The molecule has 118 valence electrons. The molecule has 0 radical (unpaired) electrons. The van der Waals surface area contributed by atoms with Crippen LogP contribution >= 0.6 is 0 Å². The Bertz CT molecular complexity index is 602. The summed E-state index contributed by atoms with van der Waals surface area (Å²) >= 11 is 0. The lowest BCUT2D eigenvalue weighted by Crippen LogP contribution is -2.40. The van der Waals surface area contributed by atoms with Crippen molar-refractivity contribution >= 4 is 5.69 Å². The molecule has 6 heteroatoms. The molecule has 1 unspecified atom stereocenters. The summed E-state index contributed by atoms with van der Waals surface area (Å²) in [5.41, 5.74) is 0.790. The molecule has 0 bridgehead atoms. The van der Waals surface area contributed by atoms with Gasteiger partial charge in [-0.3, -0.25) is 0 Å². The van der Waals surface area contributed by atoms with E-state index in [1.54, 1.807) is 18.4 Å². The minimum absolute atomic E-state index is 0.203. The van der Waals surface area contributed by atoms with Gasteiger partial charge in [0, 0.05) is 12.6 Å². The van der Waals surface area contributed by atoms with Crippen LogP contribution in [0.2, 0.25) is 0 Å². The first kappa shape index (κ1) is 14.9. The third kappa shape index (κ3) is 3.58. The highest BCUT2D eigenvalue weighted by molar-refractivity contribution is 5.60. The summed E-state index contributed by atoms with van der Waals surface area (Å²) < 4.78 is 29.2. The number of β-amino-alcohol motifs (C(OH)–C–C–N with tert-alkyl or cyclic N) is 1. The van der Waals surface area contributed by atoms with Crippen molar-refractivity contribution in [2.75, 3.05) is 31.2 Å². The van der Waals surface area contributed by atoms with E-state index in [4.69, 9.17) is 13.9 Å². The lowest BCUT2D eigenvalue weighted by atomic mass is 10.2. The average Bonchev–Trinajstić information content (AvgIpc) is 3.00. The lowest BCUT2D eigenvalue weighted by molar-refractivity contribution is 0.0251. The molecular weight excluding hydrogens is 289 g/mol. The van der Waals surface area contributed by atoms with Crippen LogP contribution in [0.15, 0.2) is 41.0 Å². The molecule has 0 saturated heterocycles. The van der Waals surface area contributed by atoms with Gasteiger partial charge in [-0.05, 0) is 24.3 Å². The van der Waals surface area contributed by atoms with Crippen LogP contribution in [0.4, 0.5) is 10.1 Å². The molecular formula is C16H18FNO4. The third-order valence-corrected chi connectivity index (χ3v) is 3.45. The van der Waals surface area contributed by atoms with Crippen LogP contribution in [0.5, 0.6) is 5.75 Å². The van der Waals surface area contributed by atoms with Gasteiger partial charge in [-0.25, -0.2) is 4.39 Å². The summed E-state index contributed by atoms with van der Waals surface area (Å²) in [6.07, 6.45) is 0.935. The molecule has 3 rings (SSSR count). The minimum atomic E-state index is -0.647. The van der Waals surface area contributed by atoms with Crippen molar-refractivity contribution in [2.24, 2.45) is 0 Å². The van der Waals surface area contributed by atoms with Crippen LogP contribution in [-0.4, -0.2) is 37.5 Å². The number of aliphatic hydroxyl groups excluding tert-OH is 1. The van der Waals surface area contributed by atoms with E-state index >= 15 is 0 Å². The molecule has 0 saturated carbocycles. The topological polar surface area (TPSA) is 55.1 Å². The van der Waals surface area contributed by atoms with E-state index in [9.17, 15) is 9.50 Å². The Kier molecular flexibility index (Phi) is 4.60. The van der Waals surface area contributed by atoms with Crippen LogP contribution in [0.1, 0.15) is 5.76 Å². The van der Waals surface area contributed by atoms with Gasteiger partial charge in [-0.2, -0.15) is 0 Å². The Labute approximate surface area is 127 Å². The highest BCUT2D eigenvalue weighted by Crippen LogP contribution is 2.32. The average molecular weight is 307 g/mol. The number of rotatable bonds is 6. The first-order valence-electron chi connectivity index (χ1n) is 7.18. The second-order valence-corrected chi connectivity index (χ2v) is 5.15. The van der Waals surface area contributed by atoms with Crippen molar-refractivity contribution in [3.05, 3.63) is 48.2 Å². The SMILES string of the molecule is OC(COCc1ccco1)CN1CCOc2cc(F)ccc21. The van der Waals surface area contributed by atoms with Gasteiger partial charge in [0.15, 0.2) is 0 Å². The summed E-state index contributed by atoms with van der Waals surface area (Å²) in [7, 11) is 0. The van der Waals surface area contributed by atoms with Crippen LogP contribution in [0.3, 0.4) is 0 Å². The maximum Gasteiger partial charge on any atom is 0.145 e. The zero-order chi connectivity index (χ0) is 15.4. The van der Waals surface area contributed by atoms with E-state index in [0.29, 0.717) is 32.1 Å². The summed E-state index contributed by atoms with van der Waals surface area (Å²) in [4.78, 5) is 1.97. The normalized spacial score (nSPS) is 15.3. The molecule has 1 aromatic heterocycles. The number of nitrogens with zero attached hydrogens (tertiary/aromatic N) is 1. The van der Waals surface area contributed by atoms with Crippen LogP contribution < -0.4 is 9.64 Å². The predicted octanol–water partition coefficient (Wildman–Crippen LogP) is 2.20. The molecule has 1 aliphatic heterocycles. The molecule has 1 aliphatic rings. The molecule has 0 amide bonds. The Morgan fingerprint density at radius 1 is 1.36 bits per heavy atom. The molecule has 1 atom stereocenters. The Hall–Kier alpha value is -2.05. The second-order valence-electron chi connectivity index (χ2n) is 5.15. The summed E-state index contributed by atoms with van der Waals surface area (Å²) in [5.74, 6) is 0.900. The largest absolute Gasteiger partial charge is 0.489 e. The number of benzene rings is 1. The van der Waals surface area contributed by atoms with Crippen molar-refractivity contribution in [1.82, 2.24) is 0 Å². The van der Waals surface area contributed by atoms with Gasteiger partial charge in [0.25, 0.3) is 0 Å². The number of hydrogen-bond donors (Lipinski definition) is 1. The van der Waals surface area contributed by atoms with Gasteiger partial charge in [0.1, 0.15) is 30.5 Å². The standard InChI is InChI=1S/C16H18FNO4/c17-12-3-4-15-16(8-12)22-7-5-18(15)9-13(19)10-20-11-14-2-1-6-21-14/h1-4,6,8,13,19H,5,7,9-11H2. The number of furan rings is 1. The van der Waals surface area contributed by atoms with E-state index in [0.717, 1.165) is 11.4 Å². The summed E-state index contributed by atoms with van der Waals surface area (Å²) in [6.45, 7) is 2.05. The van der Waals surface area contributed by atoms with Gasteiger partial charge in [-0.15, -0.1) is 0 Å². The summed E-state index contributed by atoms with van der Waals surface area (Å²) in [6, 6.07) is 8.03. The highest BCUT2D eigenvalue weighted by Gasteiger charge is 2.21. The molecule has 0 aliphatic carbocycles. The molecule has 0 fully saturated rings. The number of hydrogen-bond acceptors (Lipinski definition) is 5. The first-order valence-corrected chi connectivity index (χ1v) is 7.18. The van der Waals surface area contributed by atoms with E-state index in [2.05, 4.69) is 0 Å². The molecule has 2 aromatic rings. The Morgan fingerprint density at radius 2 is 2.27 bits per heavy atom. The van der Waals surface area contributed by atoms with E-state index in [-0.39, 0.29) is 12.4 Å². The number of aliphatic hydroxyl groups is 1. The fourth-order valence-electron chi connectivity index (χ4n) is 2.44. The van der Waals surface area contributed by atoms with Crippen LogP contribution in [-0.2, 0) is 11.3 Å². The smallest absolute Gasteiger partial charge is 0.145 e. The molecule has 1 N–H and O–H groups in total. The van der Waals surface area contributed by atoms with Gasteiger partial charge in [0.2, 0.25) is 0 Å². The Morgan fingerprint density at radius 3 is 3.09 bits per heavy atom. The quantitative estimate of drug-likeness (QED) is 0.886. The second kappa shape index (κ2) is 6.81. The zero-order valence-corrected chi connectivity index (χ0v) is 12.1. The maximum atomic E-state index is 13.2. The maximum absolute atomic E-state index is 13.2. The molecule has 5 nitrogen and oxygen atoms in total. The fourth-order valence-corrected chi connectivity index (χ4v) is 2.44. The number of anilines is 1. The van der Waals surface area contributed by atoms with Crippen molar-refractivity contribution in [3.63, 3.8) is 0 Å². The lowest BCUT2D eigenvalue weighted by Gasteiger charge is -2.32. The van der Waals surface area contributed by atoms with Crippen molar-refractivity contribution < 1.29 is 23.4 Å². The molecule has 2 heterocycles. The van der Waals surface area contributed by atoms with Crippen molar-refractivity contribution in [3.8, 4) is 5.75 Å². The van der Waals surface area contributed by atoms with Gasteiger partial charge in [-0.1, -0.05) is 0 Å². The van der Waals surface area contributed by atoms with Gasteiger partial charge >= 0.3 is 0 Å². The number of fused-ring (bicyclic) bond motifs is 1. The van der Waals surface area contributed by atoms with Crippen molar-refractivity contribution in [1.29, 1.82) is 0 Å². The summed E-state index contributed by atoms with van der Waals surface area (Å²) in [5, 5.41) is 10.1. The minimum Gasteiger partial charge on any atom is -0.489 e. The van der Waals surface area contributed by atoms with Crippen LogP contribution in [0.25, 0.3) is 0 Å². The first-order chi connectivity index (χ1) is 10.7. The van der Waals surface area contributed by atoms with E-state index in [1.165, 1.54) is 12.1 Å². The van der Waals surface area contributed by atoms with Gasteiger partial charge in [0.05, 0.1) is 31.2 Å². The number of ether oxygens (including phenoxy) is 2. The fraction of sp³-hybridized carbons (Fsp3) is 0.375. The van der Waals surface area contributed by atoms with Crippen LogP contribution in [0, 0.1) is 5.82 Å². The van der Waals surface area contributed by atoms with Crippen molar-refractivity contribution in [2.45, 2.75) is 12.7 Å². The Balaban J connectivity index is 1.52. The highest BCUT2D eigenvalue weighted by atomic mass is 19.1. The predicted molar refractivity (Wildman–Crippen MR) is 78.5 cm³/mol. The zero-order valence-electron chi connectivity index (χ0n) is 12.1. The van der Waals surface area contributed by atoms with Gasteiger partial charge < -0.3 is 23.9 Å².